The van der Waals surface area contributed by atoms with Crippen LogP contribution in [-0.2, 0) is 9.59 Å². The van der Waals surface area contributed by atoms with Crippen molar-refractivity contribution in [3.8, 4) is 0 Å². The van der Waals surface area contributed by atoms with Crippen LogP contribution in [0.2, 0.25) is 0 Å². The van der Waals surface area contributed by atoms with Gasteiger partial charge < -0.3 is 15.0 Å². The number of aliphatic carboxylic acids is 1. The van der Waals surface area contributed by atoms with Gasteiger partial charge in [0.1, 0.15) is 0 Å². The second kappa shape index (κ2) is 5.79. The topological polar surface area (TPSA) is 77.4 Å². The summed E-state index contributed by atoms with van der Waals surface area (Å²) in [5.41, 5.74) is 0.0933. The number of hydrogen-bond donors (Lipinski definition) is 1. The SMILES string of the molecule is C[C@]12CCC(=O)C=C1C=C[C@@H]1[C@H]2CC[C@@]2(C)[C@@H]1CC[C@@]2(O)CCC(=O)[O-]. The highest BCUT2D eigenvalue weighted by Gasteiger charge is 2.62. The Morgan fingerprint density at radius 3 is 2.69 bits per heavy atom. The van der Waals surface area contributed by atoms with Crippen molar-refractivity contribution in [2.45, 2.75) is 70.8 Å². The number of rotatable bonds is 3. The van der Waals surface area contributed by atoms with Crippen LogP contribution in [-0.4, -0.2) is 22.5 Å². The number of hydrogen-bond acceptors (Lipinski definition) is 4. The highest BCUT2D eigenvalue weighted by Crippen LogP contribution is 2.66. The Bertz CT molecular complexity index is 707. The molecule has 6 atom stereocenters. The molecule has 4 aliphatic carbocycles. The van der Waals surface area contributed by atoms with Crippen LogP contribution in [0.4, 0.5) is 0 Å². The minimum absolute atomic E-state index is 0.0559. The monoisotopic (exact) mass is 357 g/mol. The number of aliphatic hydroxyl groups is 1. The Morgan fingerprint density at radius 2 is 1.96 bits per heavy atom. The van der Waals surface area contributed by atoms with Gasteiger partial charge in [-0.1, -0.05) is 26.0 Å². The van der Waals surface area contributed by atoms with Gasteiger partial charge in [-0.2, -0.15) is 0 Å². The number of ketones is 1. The van der Waals surface area contributed by atoms with Gasteiger partial charge in [0.05, 0.1) is 5.60 Å². The van der Waals surface area contributed by atoms with Crippen molar-refractivity contribution in [2.24, 2.45) is 28.6 Å². The number of carbonyl (C=O) groups excluding carboxylic acids is 2. The van der Waals surface area contributed by atoms with Crippen molar-refractivity contribution < 1.29 is 19.8 Å². The first-order chi connectivity index (χ1) is 12.2. The molecule has 0 radical (unpaired) electrons. The maximum Gasteiger partial charge on any atom is 0.156 e. The van der Waals surface area contributed by atoms with Crippen molar-refractivity contribution in [1.82, 2.24) is 0 Å². The van der Waals surface area contributed by atoms with E-state index < -0.39 is 11.6 Å². The zero-order chi connectivity index (χ0) is 18.7. The van der Waals surface area contributed by atoms with E-state index in [9.17, 15) is 19.8 Å². The first-order valence-corrected chi connectivity index (χ1v) is 10.1. The maximum atomic E-state index is 11.9. The zero-order valence-electron chi connectivity index (χ0n) is 15.8. The molecule has 4 rings (SSSR count). The molecule has 26 heavy (non-hydrogen) atoms. The van der Waals surface area contributed by atoms with Gasteiger partial charge in [-0.25, -0.2) is 0 Å². The van der Waals surface area contributed by atoms with E-state index in [1.54, 1.807) is 0 Å². The van der Waals surface area contributed by atoms with Gasteiger partial charge in [0, 0.05) is 12.4 Å². The molecule has 0 aromatic heterocycles. The van der Waals surface area contributed by atoms with Crippen molar-refractivity contribution >= 4 is 11.8 Å². The van der Waals surface area contributed by atoms with E-state index >= 15 is 0 Å². The van der Waals surface area contributed by atoms with Crippen LogP contribution >= 0.6 is 0 Å². The number of allylic oxidation sites excluding steroid dienone is 4. The second-order valence-electron chi connectivity index (χ2n) is 9.53. The van der Waals surface area contributed by atoms with Crippen LogP contribution in [0.15, 0.2) is 23.8 Å². The summed E-state index contributed by atoms with van der Waals surface area (Å²) >= 11 is 0. The highest BCUT2D eigenvalue weighted by molar-refractivity contribution is 5.92. The summed E-state index contributed by atoms with van der Waals surface area (Å²) in [5.74, 6) is 0.444. The molecular formula is C22H29O4-. The van der Waals surface area contributed by atoms with Gasteiger partial charge in [0.25, 0.3) is 0 Å². The van der Waals surface area contributed by atoms with Crippen LogP contribution < -0.4 is 5.11 Å². The quantitative estimate of drug-likeness (QED) is 0.842. The first kappa shape index (κ1) is 18.0. The van der Waals surface area contributed by atoms with Crippen LogP contribution in [0, 0.1) is 28.6 Å². The van der Waals surface area contributed by atoms with Crippen LogP contribution in [0.1, 0.15) is 65.2 Å². The van der Waals surface area contributed by atoms with Crippen LogP contribution in [0.25, 0.3) is 0 Å². The fraction of sp³-hybridized carbons (Fsp3) is 0.727. The molecule has 0 heterocycles. The number of carboxylic acid groups (broad SMARTS) is 1. The fourth-order valence-corrected chi connectivity index (χ4v) is 6.83. The van der Waals surface area contributed by atoms with Crippen molar-refractivity contribution in [2.75, 3.05) is 0 Å². The van der Waals surface area contributed by atoms with E-state index in [4.69, 9.17) is 0 Å². The summed E-state index contributed by atoms with van der Waals surface area (Å²) in [6.45, 7) is 4.48. The Labute approximate surface area is 155 Å². The average molecular weight is 357 g/mol. The second-order valence-corrected chi connectivity index (χ2v) is 9.53. The van der Waals surface area contributed by atoms with E-state index in [1.165, 1.54) is 5.57 Å². The largest absolute Gasteiger partial charge is 0.550 e. The molecule has 0 aromatic carbocycles. The first-order valence-electron chi connectivity index (χ1n) is 10.1. The van der Waals surface area contributed by atoms with Gasteiger partial charge in [0.2, 0.25) is 0 Å². The molecule has 0 aromatic rings. The summed E-state index contributed by atoms with van der Waals surface area (Å²) in [7, 11) is 0. The van der Waals surface area contributed by atoms with E-state index in [-0.39, 0.29) is 23.0 Å². The molecule has 2 fully saturated rings. The maximum absolute atomic E-state index is 11.9. The predicted molar refractivity (Wildman–Crippen MR) is 95.8 cm³/mol. The fourth-order valence-electron chi connectivity index (χ4n) is 6.83. The number of fused-ring (bicyclic) bond motifs is 5. The van der Waals surface area contributed by atoms with E-state index in [1.807, 2.05) is 6.08 Å². The minimum Gasteiger partial charge on any atom is -0.550 e. The molecule has 0 spiro atoms. The summed E-state index contributed by atoms with van der Waals surface area (Å²) < 4.78 is 0. The van der Waals surface area contributed by atoms with E-state index in [0.717, 1.165) is 25.7 Å². The van der Waals surface area contributed by atoms with Crippen molar-refractivity contribution in [3.63, 3.8) is 0 Å². The Balaban J connectivity index is 1.66. The molecular weight excluding hydrogens is 328 g/mol. The number of carboxylic acids is 1. The van der Waals surface area contributed by atoms with Crippen molar-refractivity contribution in [1.29, 1.82) is 0 Å². The summed E-state index contributed by atoms with van der Waals surface area (Å²) in [6.07, 6.45) is 11.6. The summed E-state index contributed by atoms with van der Waals surface area (Å²) in [6, 6.07) is 0. The van der Waals surface area contributed by atoms with Crippen LogP contribution in [0.5, 0.6) is 0 Å². The number of carbonyl (C=O) groups is 2. The third-order valence-electron chi connectivity index (χ3n) is 8.58. The smallest absolute Gasteiger partial charge is 0.156 e. The average Bonchev–Trinajstić information content (AvgIpc) is 2.86. The molecule has 1 N–H and O–H groups in total. The molecule has 0 unspecified atom stereocenters. The van der Waals surface area contributed by atoms with E-state index in [2.05, 4.69) is 26.0 Å². The molecule has 0 amide bonds. The van der Waals surface area contributed by atoms with Crippen LogP contribution in [0.3, 0.4) is 0 Å². The van der Waals surface area contributed by atoms with Gasteiger partial charge >= 0.3 is 0 Å². The van der Waals surface area contributed by atoms with Gasteiger partial charge in [-0.3, -0.25) is 4.79 Å². The highest BCUT2D eigenvalue weighted by atomic mass is 16.4. The molecule has 0 aliphatic heterocycles. The summed E-state index contributed by atoms with van der Waals surface area (Å²) in [5, 5.41) is 22.3. The van der Waals surface area contributed by atoms with Gasteiger partial charge in [-0.15, -0.1) is 0 Å². The standard InChI is InChI=1S/C22H30O4/c1-20-9-5-15(23)13-14(20)3-4-16-17(20)6-10-21(2)18(16)7-11-22(21,26)12-8-19(24)25/h3-4,13,16-18,26H,5-12H2,1-2H3,(H,24,25)/p-1/t16-,17-,18-,20+,21+,22-/m1/s1. The normalized spacial score (nSPS) is 47.0. The third kappa shape index (κ3) is 2.37. The molecule has 2 saturated carbocycles. The van der Waals surface area contributed by atoms with Gasteiger partial charge in [-0.05, 0) is 85.2 Å². The van der Waals surface area contributed by atoms with Crippen molar-refractivity contribution in [3.05, 3.63) is 23.8 Å². The Morgan fingerprint density at radius 1 is 1.23 bits per heavy atom. The Hall–Kier alpha value is -1.42. The molecule has 0 saturated heterocycles. The lowest BCUT2D eigenvalue weighted by Crippen LogP contribution is -2.54. The Kier molecular flexibility index (Phi) is 4.00. The lowest BCUT2D eigenvalue weighted by molar-refractivity contribution is -0.307. The molecule has 4 nitrogen and oxygen atoms in total. The lowest BCUT2D eigenvalue weighted by Gasteiger charge is -2.57. The zero-order valence-corrected chi connectivity index (χ0v) is 15.8. The molecule has 4 aliphatic rings. The molecule has 4 heteroatoms. The van der Waals surface area contributed by atoms with Gasteiger partial charge in [0.15, 0.2) is 5.78 Å². The van der Waals surface area contributed by atoms with E-state index in [0.29, 0.717) is 37.0 Å². The molecule has 142 valence electrons. The summed E-state index contributed by atoms with van der Waals surface area (Å²) in [4.78, 5) is 22.8. The lowest BCUT2D eigenvalue weighted by atomic mass is 9.48. The predicted octanol–water partition coefficient (Wildman–Crippen LogP) is 2.56. The third-order valence-corrected chi connectivity index (χ3v) is 8.58. The minimum atomic E-state index is -1.08. The molecule has 0 bridgehead atoms.